The molecule has 0 spiro atoms. The van der Waals surface area contributed by atoms with Gasteiger partial charge in [-0.1, -0.05) is 23.8 Å². The summed E-state index contributed by atoms with van der Waals surface area (Å²) in [6.07, 6.45) is 0. The second-order valence-electron chi connectivity index (χ2n) is 4.72. The third-order valence-electron chi connectivity index (χ3n) is 3.30. The Bertz CT molecular complexity index is 595. The van der Waals surface area contributed by atoms with Gasteiger partial charge in [-0.15, -0.1) is 0 Å². The quantitative estimate of drug-likeness (QED) is 0.915. The van der Waals surface area contributed by atoms with E-state index in [-0.39, 0.29) is 5.82 Å². The minimum atomic E-state index is -0.398. The fraction of sp³-hybridized carbons (Fsp3) is 0.250. The van der Waals surface area contributed by atoms with Crippen molar-refractivity contribution in [3.8, 4) is 5.75 Å². The zero-order chi connectivity index (χ0) is 14.0. The Morgan fingerprint density at radius 3 is 2.47 bits per heavy atom. The summed E-state index contributed by atoms with van der Waals surface area (Å²) in [6, 6.07) is 10.1. The molecule has 1 unspecified atom stereocenters. The predicted octanol–water partition coefficient (Wildman–Crippen LogP) is 3.50. The van der Waals surface area contributed by atoms with Crippen LogP contribution in [-0.2, 0) is 0 Å². The van der Waals surface area contributed by atoms with Gasteiger partial charge in [0.05, 0.1) is 13.2 Å². The second kappa shape index (κ2) is 5.41. The third kappa shape index (κ3) is 2.76. The maximum Gasteiger partial charge on any atom is 0.123 e. The van der Waals surface area contributed by atoms with E-state index in [0.717, 1.165) is 28.0 Å². The van der Waals surface area contributed by atoms with Crippen LogP contribution in [0.2, 0.25) is 0 Å². The summed E-state index contributed by atoms with van der Waals surface area (Å²) in [5.41, 5.74) is 10.0. The number of rotatable bonds is 3. The molecule has 0 bridgehead atoms. The lowest BCUT2D eigenvalue weighted by Crippen LogP contribution is -2.15. The van der Waals surface area contributed by atoms with Crippen molar-refractivity contribution in [2.24, 2.45) is 5.73 Å². The smallest absolute Gasteiger partial charge is 0.123 e. The summed E-state index contributed by atoms with van der Waals surface area (Å²) in [6.45, 7) is 3.92. The van der Waals surface area contributed by atoms with Crippen molar-refractivity contribution in [1.82, 2.24) is 0 Å². The van der Waals surface area contributed by atoms with E-state index in [0.29, 0.717) is 0 Å². The standard InChI is InChI=1S/C16H18FNO/c1-10-4-7-15(19-3)14(8-10)16(18)13-9-12(17)6-5-11(13)2/h4-9,16H,18H2,1-3H3. The van der Waals surface area contributed by atoms with E-state index in [4.69, 9.17) is 10.5 Å². The van der Waals surface area contributed by atoms with Crippen LogP contribution in [0.3, 0.4) is 0 Å². The van der Waals surface area contributed by atoms with Gasteiger partial charge >= 0.3 is 0 Å². The highest BCUT2D eigenvalue weighted by atomic mass is 19.1. The Labute approximate surface area is 113 Å². The molecule has 2 N–H and O–H groups in total. The lowest BCUT2D eigenvalue weighted by atomic mass is 9.94. The maximum absolute atomic E-state index is 13.4. The molecule has 0 saturated heterocycles. The van der Waals surface area contributed by atoms with Gasteiger partial charge in [0.1, 0.15) is 11.6 Å². The number of aryl methyl sites for hydroxylation is 2. The topological polar surface area (TPSA) is 35.2 Å². The van der Waals surface area contributed by atoms with Crippen LogP contribution in [0.25, 0.3) is 0 Å². The van der Waals surface area contributed by atoms with Crippen LogP contribution in [0.15, 0.2) is 36.4 Å². The molecule has 2 rings (SSSR count). The van der Waals surface area contributed by atoms with Gasteiger partial charge in [0.2, 0.25) is 0 Å². The fourth-order valence-electron chi connectivity index (χ4n) is 2.21. The van der Waals surface area contributed by atoms with Crippen molar-refractivity contribution in [3.63, 3.8) is 0 Å². The number of halogens is 1. The van der Waals surface area contributed by atoms with Crippen LogP contribution in [0, 0.1) is 19.7 Å². The van der Waals surface area contributed by atoms with E-state index >= 15 is 0 Å². The molecule has 2 aromatic carbocycles. The SMILES string of the molecule is COc1ccc(C)cc1C(N)c1cc(F)ccc1C. The van der Waals surface area contributed by atoms with Crippen molar-refractivity contribution >= 4 is 0 Å². The third-order valence-corrected chi connectivity index (χ3v) is 3.30. The number of benzene rings is 2. The van der Waals surface area contributed by atoms with E-state index in [9.17, 15) is 4.39 Å². The summed E-state index contributed by atoms with van der Waals surface area (Å²) >= 11 is 0. The van der Waals surface area contributed by atoms with Crippen molar-refractivity contribution < 1.29 is 9.13 Å². The van der Waals surface area contributed by atoms with Gasteiger partial charge in [0.15, 0.2) is 0 Å². The normalized spacial score (nSPS) is 12.3. The first-order valence-corrected chi connectivity index (χ1v) is 6.19. The fourth-order valence-corrected chi connectivity index (χ4v) is 2.21. The molecule has 0 aromatic heterocycles. The molecule has 3 heteroatoms. The number of ether oxygens (including phenoxy) is 1. The first-order valence-electron chi connectivity index (χ1n) is 6.19. The molecule has 0 aliphatic heterocycles. The number of methoxy groups -OCH3 is 1. The van der Waals surface area contributed by atoms with Crippen LogP contribution < -0.4 is 10.5 Å². The van der Waals surface area contributed by atoms with Gasteiger partial charge in [-0.3, -0.25) is 0 Å². The van der Waals surface area contributed by atoms with Crippen LogP contribution in [0.5, 0.6) is 5.75 Å². The molecule has 2 nitrogen and oxygen atoms in total. The average molecular weight is 259 g/mol. The number of hydrogen-bond donors (Lipinski definition) is 1. The predicted molar refractivity (Wildman–Crippen MR) is 74.9 cm³/mol. The van der Waals surface area contributed by atoms with E-state index < -0.39 is 6.04 Å². The van der Waals surface area contributed by atoms with Crippen molar-refractivity contribution in [2.75, 3.05) is 7.11 Å². The van der Waals surface area contributed by atoms with Crippen LogP contribution in [0.1, 0.15) is 28.3 Å². The minimum absolute atomic E-state index is 0.275. The molecular weight excluding hydrogens is 241 g/mol. The summed E-state index contributed by atoms with van der Waals surface area (Å²) in [4.78, 5) is 0. The van der Waals surface area contributed by atoms with Crippen LogP contribution in [-0.4, -0.2) is 7.11 Å². The van der Waals surface area contributed by atoms with Crippen LogP contribution >= 0.6 is 0 Å². The highest BCUT2D eigenvalue weighted by Gasteiger charge is 2.16. The summed E-state index contributed by atoms with van der Waals surface area (Å²) in [5.74, 6) is 0.449. The largest absolute Gasteiger partial charge is 0.496 e. The lowest BCUT2D eigenvalue weighted by Gasteiger charge is -2.18. The highest BCUT2D eigenvalue weighted by molar-refractivity contribution is 5.45. The number of nitrogens with two attached hydrogens (primary N) is 1. The highest BCUT2D eigenvalue weighted by Crippen LogP contribution is 2.31. The first kappa shape index (κ1) is 13.6. The van der Waals surface area contributed by atoms with E-state index in [1.165, 1.54) is 12.1 Å². The summed E-state index contributed by atoms with van der Waals surface area (Å²) < 4.78 is 18.7. The van der Waals surface area contributed by atoms with Crippen molar-refractivity contribution in [2.45, 2.75) is 19.9 Å². The molecule has 0 fully saturated rings. The molecule has 0 radical (unpaired) electrons. The lowest BCUT2D eigenvalue weighted by molar-refractivity contribution is 0.407. The molecule has 0 heterocycles. The molecule has 1 atom stereocenters. The van der Waals surface area contributed by atoms with Crippen molar-refractivity contribution in [1.29, 1.82) is 0 Å². The van der Waals surface area contributed by atoms with Gasteiger partial charge < -0.3 is 10.5 Å². The molecule has 19 heavy (non-hydrogen) atoms. The summed E-state index contributed by atoms with van der Waals surface area (Å²) in [7, 11) is 1.61. The van der Waals surface area contributed by atoms with Gasteiger partial charge in [-0.25, -0.2) is 4.39 Å². The van der Waals surface area contributed by atoms with Gasteiger partial charge in [0, 0.05) is 5.56 Å². The Morgan fingerprint density at radius 1 is 1.05 bits per heavy atom. The maximum atomic E-state index is 13.4. The molecule has 0 aliphatic carbocycles. The monoisotopic (exact) mass is 259 g/mol. The van der Waals surface area contributed by atoms with E-state index in [1.54, 1.807) is 13.2 Å². The Morgan fingerprint density at radius 2 is 1.79 bits per heavy atom. The van der Waals surface area contributed by atoms with Gasteiger partial charge in [0.25, 0.3) is 0 Å². The molecule has 100 valence electrons. The molecular formula is C16H18FNO. The van der Waals surface area contributed by atoms with Crippen molar-refractivity contribution in [3.05, 3.63) is 64.5 Å². The minimum Gasteiger partial charge on any atom is -0.496 e. The molecule has 0 saturated carbocycles. The van der Waals surface area contributed by atoms with Gasteiger partial charge in [-0.2, -0.15) is 0 Å². The van der Waals surface area contributed by atoms with Gasteiger partial charge in [-0.05, 0) is 43.2 Å². The Balaban J connectivity index is 2.51. The molecule has 2 aromatic rings. The zero-order valence-corrected chi connectivity index (χ0v) is 11.4. The average Bonchev–Trinajstić information content (AvgIpc) is 2.40. The molecule has 0 amide bonds. The van der Waals surface area contributed by atoms with E-state index in [1.807, 2.05) is 32.0 Å². The first-order chi connectivity index (χ1) is 9.02. The number of hydrogen-bond acceptors (Lipinski definition) is 2. The zero-order valence-electron chi connectivity index (χ0n) is 11.4. The van der Waals surface area contributed by atoms with E-state index in [2.05, 4.69) is 0 Å². The Kier molecular flexibility index (Phi) is 3.86. The Hall–Kier alpha value is -1.87. The molecule has 0 aliphatic rings. The summed E-state index contributed by atoms with van der Waals surface area (Å²) in [5, 5.41) is 0. The second-order valence-corrected chi connectivity index (χ2v) is 4.72. The van der Waals surface area contributed by atoms with Crippen LogP contribution in [0.4, 0.5) is 4.39 Å².